The Morgan fingerprint density at radius 3 is 2.97 bits per heavy atom. The van der Waals surface area contributed by atoms with E-state index < -0.39 is 0 Å². The number of methoxy groups -OCH3 is 1. The molecule has 1 aromatic carbocycles. The molecule has 3 N–H and O–H groups in total. The number of halogens is 1. The van der Waals surface area contributed by atoms with E-state index in [1.165, 1.54) is 5.69 Å². The zero-order chi connectivity index (χ0) is 19.8. The summed E-state index contributed by atoms with van der Waals surface area (Å²) in [5, 5.41) is 16.3. The lowest BCUT2D eigenvalue weighted by Gasteiger charge is -2.28. The van der Waals surface area contributed by atoms with Gasteiger partial charge in [-0.15, -0.1) is 24.0 Å². The summed E-state index contributed by atoms with van der Waals surface area (Å²) in [7, 11) is 3.51. The van der Waals surface area contributed by atoms with Crippen molar-refractivity contribution >= 4 is 35.6 Å². The number of guanidine groups is 1. The maximum absolute atomic E-state index is 9.37. The van der Waals surface area contributed by atoms with Crippen molar-refractivity contribution in [1.82, 2.24) is 10.6 Å². The van der Waals surface area contributed by atoms with E-state index in [0.717, 1.165) is 63.8 Å². The van der Waals surface area contributed by atoms with Crippen LogP contribution in [0.15, 0.2) is 29.3 Å². The van der Waals surface area contributed by atoms with E-state index in [1.54, 1.807) is 14.2 Å². The van der Waals surface area contributed by atoms with Crippen LogP contribution in [0.5, 0.6) is 5.75 Å². The molecule has 2 unspecified atom stereocenters. The predicted octanol–water partition coefficient (Wildman–Crippen LogP) is 2.09. The van der Waals surface area contributed by atoms with Crippen molar-refractivity contribution in [2.75, 3.05) is 65.1 Å². The third kappa shape index (κ3) is 6.62. The molecule has 164 valence electrons. The lowest BCUT2D eigenvalue weighted by Crippen LogP contribution is -2.45. The second kappa shape index (κ2) is 11.8. The lowest BCUT2D eigenvalue weighted by atomic mass is 9.84. The molecule has 7 nitrogen and oxygen atoms in total. The van der Waals surface area contributed by atoms with Crippen molar-refractivity contribution in [2.24, 2.45) is 16.3 Å². The van der Waals surface area contributed by atoms with Gasteiger partial charge in [0.25, 0.3) is 0 Å². The predicted molar refractivity (Wildman–Crippen MR) is 128 cm³/mol. The number of anilines is 1. The average molecular weight is 518 g/mol. The number of hydrogen-bond acceptors (Lipinski definition) is 5. The first kappa shape index (κ1) is 24.0. The van der Waals surface area contributed by atoms with Crippen LogP contribution in [0, 0.1) is 11.3 Å². The van der Waals surface area contributed by atoms with E-state index in [1.807, 2.05) is 12.1 Å². The number of ether oxygens (including phenoxy) is 2. The minimum atomic E-state index is 0. The van der Waals surface area contributed by atoms with Gasteiger partial charge in [0.05, 0.1) is 13.7 Å². The summed E-state index contributed by atoms with van der Waals surface area (Å²) in [6.45, 7) is 5.42. The van der Waals surface area contributed by atoms with Crippen LogP contribution in [0.25, 0.3) is 0 Å². The van der Waals surface area contributed by atoms with E-state index in [4.69, 9.17) is 9.47 Å². The Kier molecular flexibility index (Phi) is 9.78. The number of benzene rings is 1. The van der Waals surface area contributed by atoms with Crippen molar-refractivity contribution in [3.05, 3.63) is 24.3 Å². The molecule has 2 fully saturated rings. The summed E-state index contributed by atoms with van der Waals surface area (Å²) >= 11 is 0. The highest BCUT2D eigenvalue weighted by molar-refractivity contribution is 14.0. The molecule has 3 rings (SSSR count). The van der Waals surface area contributed by atoms with E-state index in [0.29, 0.717) is 12.5 Å². The number of aliphatic hydroxyl groups excluding tert-OH is 1. The van der Waals surface area contributed by atoms with Gasteiger partial charge < -0.3 is 30.1 Å². The minimum absolute atomic E-state index is 0. The Morgan fingerprint density at radius 2 is 2.28 bits per heavy atom. The molecule has 0 amide bonds. The zero-order valence-electron chi connectivity index (χ0n) is 17.5. The van der Waals surface area contributed by atoms with Crippen molar-refractivity contribution < 1.29 is 14.6 Å². The molecule has 1 aromatic rings. The number of hydrogen-bond donors (Lipinski definition) is 3. The van der Waals surface area contributed by atoms with E-state index in [2.05, 4.69) is 32.7 Å². The summed E-state index contributed by atoms with van der Waals surface area (Å²) in [4.78, 5) is 6.78. The molecule has 0 aromatic heterocycles. The molecule has 2 aliphatic rings. The molecule has 2 saturated heterocycles. The summed E-state index contributed by atoms with van der Waals surface area (Å²) in [6.07, 6.45) is 2.90. The number of aliphatic imine (C=N–C) groups is 1. The fraction of sp³-hybridized carbons (Fsp3) is 0.667. The Balaban J connectivity index is 0.00000300. The Labute approximate surface area is 191 Å². The molecule has 2 atom stereocenters. The Hall–Kier alpha value is -1.26. The SMILES string of the molecule is CN=C(NCC1CCN(c2cccc(OC)c2)C1)NCC1(CCO)CCOC1.I. The Bertz CT molecular complexity index is 653. The maximum Gasteiger partial charge on any atom is 0.191 e. The smallest absolute Gasteiger partial charge is 0.191 e. The average Bonchev–Trinajstić information content (AvgIpc) is 3.39. The Morgan fingerprint density at radius 1 is 1.41 bits per heavy atom. The maximum atomic E-state index is 9.37. The van der Waals surface area contributed by atoms with Crippen LogP contribution in [0.3, 0.4) is 0 Å². The van der Waals surface area contributed by atoms with Crippen LogP contribution >= 0.6 is 24.0 Å². The van der Waals surface area contributed by atoms with Gasteiger partial charge in [-0.25, -0.2) is 0 Å². The summed E-state index contributed by atoms with van der Waals surface area (Å²) < 4.78 is 10.9. The first-order chi connectivity index (χ1) is 13.7. The van der Waals surface area contributed by atoms with Crippen LogP contribution < -0.4 is 20.3 Å². The van der Waals surface area contributed by atoms with Crippen LogP contribution in [-0.4, -0.2) is 71.2 Å². The molecule has 0 bridgehead atoms. The van der Waals surface area contributed by atoms with E-state index in [-0.39, 0.29) is 36.0 Å². The summed E-state index contributed by atoms with van der Waals surface area (Å²) in [6, 6.07) is 8.26. The van der Waals surface area contributed by atoms with Gasteiger partial charge in [0.1, 0.15) is 5.75 Å². The highest BCUT2D eigenvalue weighted by Gasteiger charge is 2.34. The van der Waals surface area contributed by atoms with Crippen LogP contribution in [0.4, 0.5) is 5.69 Å². The molecular weight excluding hydrogens is 483 g/mol. The quantitative estimate of drug-likeness (QED) is 0.278. The monoisotopic (exact) mass is 518 g/mol. The van der Waals surface area contributed by atoms with Gasteiger partial charge in [0, 0.05) is 63.6 Å². The molecule has 0 aliphatic carbocycles. The van der Waals surface area contributed by atoms with E-state index >= 15 is 0 Å². The molecule has 8 heteroatoms. The second-order valence-electron chi connectivity index (χ2n) is 7.89. The third-order valence-corrected chi connectivity index (χ3v) is 5.94. The number of nitrogens with one attached hydrogen (secondary N) is 2. The molecule has 2 heterocycles. The molecular formula is C21H35IN4O3. The first-order valence-corrected chi connectivity index (χ1v) is 10.2. The number of rotatable bonds is 8. The number of aliphatic hydroxyl groups is 1. The first-order valence-electron chi connectivity index (χ1n) is 10.2. The standard InChI is InChI=1S/C21H34N4O3.HI/c1-22-20(24-15-21(7-10-26)8-11-28-16-21)23-13-17-6-9-25(14-17)18-4-3-5-19(12-18)27-2;/h3-5,12,17,26H,6-11,13-16H2,1-2H3,(H2,22,23,24);1H. The van der Waals surface area contributed by atoms with Gasteiger partial charge in [-0.05, 0) is 37.3 Å². The van der Waals surface area contributed by atoms with Gasteiger partial charge in [-0.3, -0.25) is 4.99 Å². The molecule has 2 aliphatic heterocycles. The number of nitrogens with zero attached hydrogens (tertiary/aromatic N) is 2. The van der Waals surface area contributed by atoms with Crippen molar-refractivity contribution in [1.29, 1.82) is 0 Å². The van der Waals surface area contributed by atoms with Gasteiger partial charge in [0.15, 0.2) is 5.96 Å². The summed E-state index contributed by atoms with van der Waals surface area (Å²) in [5.41, 5.74) is 1.24. The second-order valence-corrected chi connectivity index (χ2v) is 7.89. The highest BCUT2D eigenvalue weighted by Crippen LogP contribution is 2.31. The van der Waals surface area contributed by atoms with Gasteiger partial charge >= 0.3 is 0 Å². The molecule has 0 saturated carbocycles. The van der Waals surface area contributed by atoms with Crippen LogP contribution in [-0.2, 0) is 4.74 Å². The topological polar surface area (TPSA) is 78.4 Å². The van der Waals surface area contributed by atoms with Crippen molar-refractivity contribution in [3.8, 4) is 5.75 Å². The summed E-state index contributed by atoms with van der Waals surface area (Å²) in [5.74, 6) is 2.30. The largest absolute Gasteiger partial charge is 0.497 e. The highest BCUT2D eigenvalue weighted by atomic mass is 127. The minimum Gasteiger partial charge on any atom is -0.497 e. The van der Waals surface area contributed by atoms with Crippen LogP contribution in [0.1, 0.15) is 19.3 Å². The van der Waals surface area contributed by atoms with Crippen molar-refractivity contribution in [3.63, 3.8) is 0 Å². The molecule has 29 heavy (non-hydrogen) atoms. The normalized spacial score (nSPS) is 24.3. The third-order valence-electron chi connectivity index (χ3n) is 5.94. The fourth-order valence-corrected chi connectivity index (χ4v) is 4.09. The van der Waals surface area contributed by atoms with E-state index in [9.17, 15) is 5.11 Å². The molecule has 0 radical (unpaired) electrons. The lowest BCUT2D eigenvalue weighted by molar-refractivity contribution is 0.127. The molecule has 0 spiro atoms. The van der Waals surface area contributed by atoms with Crippen molar-refractivity contribution in [2.45, 2.75) is 19.3 Å². The van der Waals surface area contributed by atoms with Gasteiger partial charge in [-0.2, -0.15) is 0 Å². The zero-order valence-corrected chi connectivity index (χ0v) is 19.9. The van der Waals surface area contributed by atoms with Gasteiger partial charge in [-0.1, -0.05) is 6.07 Å². The van der Waals surface area contributed by atoms with Gasteiger partial charge in [0.2, 0.25) is 0 Å². The van der Waals surface area contributed by atoms with Crippen LogP contribution in [0.2, 0.25) is 0 Å². The fourth-order valence-electron chi connectivity index (χ4n) is 4.09.